The topological polar surface area (TPSA) is 96.0 Å². The van der Waals surface area contributed by atoms with Gasteiger partial charge in [0.15, 0.2) is 0 Å². The molecule has 98 valence electrons. The maximum absolute atomic E-state index is 12.2. The summed E-state index contributed by atoms with van der Waals surface area (Å²) in [6.45, 7) is 0. The Labute approximate surface area is 122 Å². The van der Waals surface area contributed by atoms with E-state index in [9.17, 15) is 8.42 Å². The minimum atomic E-state index is -3.81. The average Bonchev–Trinajstić information content (AvgIpc) is 2.78. The van der Waals surface area contributed by atoms with Crippen molar-refractivity contribution >= 4 is 48.0 Å². The Balaban J connectivity index is 2.44. The first-order valence-electron chi connectivity index (χ1n) is 4.99. The number of sulfonamides is 1. The number of nitriles is 1. The Hall–Kier alpha value is -1.56. The van der Waals surface area contributed by atoms with Crippen molar-refractivity contribution in [3.05, 3.63) is 39.7 Å². The summed E-state index contributed by atoms with van der Waals surface area (Å²) in [6.07, 6.45) is 0. The van der Waals surface area contributed by atoms with Gasteiger partial charge in [-0.25, -0.2) is 8.42 Å². The Bertz CT molecular complexity index is 762. The molecule has 0 atom stereocenters. The number of halogens is 1. The van der Waals surface area contributed by atoms with Gasteiger partial charge in [-0.05, 0) is 29.6 Å². The molecule has 0 unspecified atom stereocenters. The van der Waals surface area contributed by atoms with Crippen LogP contribution in [0.3, 0.4) is 0 Å². The summed E-state index contributed by atoms with van der Waals surface area (Å²) in [4.78, 5) is -0.0286. The smallest absolute Gasteiger partial charge is 0.264 e. The second-order valence-electron chi connectivity index (χ2n) is 3.56. The first-order valence-corrected chi connectivity index (χ1v) is 8.15. The maximum Gasteiger partial charge on any atom is 0.264 e. The number of anilines is 2. The third-order valence-corrected chi connectivity index (χ3v) is 5.14. The Morgan fingerprint density at radius 2 is 2.11 bits per heavy atom. The zero-order valence-corrected chi connectivity index (χ0v) is 12.6. The van der Waals surface area contributed by atoms with E-state index in [4.69, 9.17) is 11.0 Å². The Kier molecular flexibility index (Phi) is 3.80. The van der Waals surface area contributed by atoms with Gasteiger partial charge in [-0.1, -0.05) is 15.9 Å². The molecular formula is C11H8BrN3O2S2. The van der Waals surface area contributed by atoms with E-state index >= 15 is 0 Å². The molecule has 1 aromatic carbocycles. The molecule has 0 radical (unpaired) electrons. The molecular weight excluding hydrogens is 350 g/mol. The molecule has 5 nitrogen and oxygen atoms in total. The monoisotopic (exact) mass is 357 g/mol. The number of benzene rings is 1. The van der Waals surface area contributed by atoms with Gasteiger partial charge in [0.1, 0.15) is 16.0 Å². The number of thiophene rings is 1. The molecule has 1 heterocycles. The lowest BCUT2D eigenvalue weighted by Gasteiger charge is -2.09. The fourth-order valence-electron chi connectivity index (χ4n) is 1.39. The van der Waals surface area contributed by atoms with Crippen LogP contribution in [0.1, 0.15) is 5.56 Å². The first kappa shape index (κ1) is 13.9. The van der Waals surface area contributed by atoms with Crippen LogP contribution in [0, 0.1) is 11.3 Å². The van der Waals surface area contributed by atoms with Crippen molar-refractivity contribution in [2.75, 3.05) is 10.5 Å². The van der Waals surface area contributed by atoms with E-state index in [2.05, 4.69) is 20.7 Å². The summed E-state index contributed by atoms with van der Waals surface area (Å²) >= 11 is 4.34. The summed E-state index contributed by atoms with van der Waals surface area (Å²) < 4.78 is 27.4. The number of nitrogen functional groups attached to an aromatic ring is 1. The molecule has 0 aliphatic rings. The van der Waals surface area contributed by atoms with Crippen molar-refractivity contribution in [1.29, 1.82) is 5.26 Å². The van der Waals surface area contributed by atoms with Gasteiger partial charge in [-0.15, -0.1) is 11.3 Å². The number of hydrogen-bond acceptors (Lipinski definition) is 5. The van der Waals surface area contributed by atoms with Crippen LogP contribution in [0.25, 0.3) is 0 Å². The lowest BCUT2D eigenvalue weighted by molar-refractivity contribution is 0.601. The van der Waals surface area contributed by atoms with Gasteiger partial charge < -0.3 is 5.73 Å². The molecule has 0 saturated heterocycles. The van der Waals surface area contributed by atoms with E-state index in [0.29, 0.717) is 4.47 Å². The predicted molar refractivity (Wildman–Crippen MR) is 78.4 cm³/mol. The average molecular weight is 358 g/mol. The lowest BCUT2D eigenvalue weighted by atomic mass is 10.3. The van der Waals surface area contributed by atoms with Gasteiger partial charge >= 0.3 is 0 Å². The molecule has 0 bridgehead atoms. The lowest BCUT2D eigenvalue weighted by Crippen LogP contribution is -2.14. The number of rotatable bonds is 3. The highest BCUT2D eigenvalue weighted by Gasteiger charge is 2.20. The maximum atomic E-state index is 12.2. The minimum Gasteiger partial charge on any atom is -0.398 e. The van der Waals surface area contributed by atoms with Crippen LogP contribution in [-0.4, -0.2) is 8.42 Å². The molecule has 3 N–H and O–H groups in total. The summed E-state index contributed by atoms with van der Waals surface area (Å²) in [5.41, 5.74) is 6.10. The highest BCUT2D eigenvalue weighted by molar-refractivity contribution is 9.10. The predicted octanol–water partition coefficient (Wildman–Crippen LogP) is 2.77. The molecule has 0 aliphatic heterocycles. The van der Waals surface area contributed by atoms with Gasteiger partial charge in [-0.2, -0.15) is 5.26 Å². The van der Waals surface area contributed by atoms with E-state index in [-0.39, 0.29) is 21.1 Å². The van der Waals surface area contributed by atoms with Gasteiger partial charge in [0, 0.05) is 4.47 Å². The third kappa shape index (κ3) is 2.89. The SMILES string of the molecule is N#Cc1ccsc1NS(=O)(=O)c1cc(Br)ccc1N. The zero-order chi connectivity index (χ0) is 14.0. The number of hydrogen-bond donors (Lipinski definition) is 2. The zero-order valence-electron chi connectivity index (χ0n) is 9.42. The summed E-state index contributed by atoms with van der Waals surface area (Å²) in [5.74, 6) is 0. The molecule has 0 spiro atoms. The fraction of sp³-hybridized carbons (Fsp3) is 0. The van der Waals surface area contributed by atoms with Crippen LogP contribution < -0.4 is 10.5 Å². The van der Waals surface area contributed by atoms with E-state index in [1.807, 2.05) is 6.07 Å². The molecule has 0 aliphatic carbocycles. The summed E-state index contributed by atoms with van der Waals surface area (Å²) in [5, 5.41) is 10.8. The molecule has 0 fully saturated rings. The Morgan fingerprint density at radius 1 is 1.37 bits per heavy atom. The largest absolute Gasteiger partial charge is 0.398 e. The van der Waals surface area contributed by atoms with E-state index in [1.54, 1.807) is 17.5 Å². The minimum absolute atomic E-state index is 0.0286. The quantitative estimate of drug-likeness (QED) is 0.825. The van der Waals surface area contributed by atoms with Crippen LogP contribution in [0.2, 0.25) is 0 Å². The normalized spacial score (nSPS) is 10.9. The van der Waals surface area contributed by atoms with Crippen LogP contribution in [0.5, 0.6) is 0 Å². The molecule has 2 aromatic rings. The van der Waals surface area contributed by atoms with Crippen molar-refractivity contribution in [2.24, 2.45) is 0 Å². The van der Waals surface area contributed by atoms with Gasteiger partial charge in [-0.3, -0.25) is 4.72 Å². The van der Waals surface area contributed by atoms with Crippen molar-refractivity contribution in [3.8, 4) is 6.07 Å². The molecule has 2 rings (SSSR count). The second kappa shape index (κ2) is 5.21. The van der Waals surface area contributed by atoms with Crippen molar-refractivity contribution in [1.82, 2.24) is 0 Å². The van der Waals surface area contributed by atoms with E-state index < -0.39 is 10.0 Å². The number of nitrogens with zero attached hydrogens (tertiary/aromatic N) is 1. The van der Waals surface area contributed by atoms with Gasteiger partial charge in [0.25, 0.3) is 10.0 Å². The van der Waals surface area contributed by atoms with Gasteiger partial charge in [0.2, 0.25) is 0 Å². The van der Waals surface area contributed by atoms with Crippen LogP contribution >= 0.6 is 27.3 Å². The second-order valence-corrected chi connectivity index (χ2v) is 7.05. The Morgan fingerprint density at radius 3 is 2.79 bits per heavy atom. The standard InChI is InChI=1S/C11H8BrN3O2S2/c12-8-1-2-9(14)10(5-8)19(16,17)15-11-7(6-13)3-4-18-11/h1-5,15H,14H2. The van der Waals surface area contributed by atoms with Gasteiger partial charge in [0.05, 0.1) is 11.3 Å². The number of nitrogens with two attached hydrogens (primary N) is 1. The summed E-state index contributed by atoms with van der Waals surface area (Å²) in [7, 11) is -3.81. The van der Waals surface area contributed by atoms with Crippen molar-refractivity contribution in [2.45, 2.75) is 4.90 Å². The first-order chi connectivity index (χ1) is 8.94. The van der Waals surface area contributed by atoms with E-state index in [1.165, 1.54) is 12.1 Å². The molecule has 1 aromatic heterocycles. The van der Waals surface area contributed by atoms with Crippen LogP contribution in [-0.2, 0) is 10.0 Å². The fourth-order valence-corrected chi connectivity index (χ4v) is 4.13. The third-order valence-electron chi connectivity index (χ3n) is 2.28. The van der Waals surface area contributed by atoms with Crippen molar-refractivity contribution in [3.63, 3.8) is 0 Å². The summed E-state index contributed by atoms with van der Waals surface area (Å²) in [6, 6.07) is 8.03. The van der Waals surface area contributed by atoms with E-state index in [0.717, 1.165) is 11.3 Å². The number of nitrogens with one attached hydrogen (secondary N) is 1. The molecule has 19 heavy (non-hydrogen) atoms. The van der Waals surface area contributed by atoms with Crippen LogP contribution in [0.15, 0.2) is 39.0 Å². The van der Waals surface area contributed by atoms with Crippen LogP contribution in [0.4, 0.5) is 10.7 Å². The highest BCUT2D eigenvalue weighted by atomic mass is 79.9. The molecule has 8 heteroatoms. The molecule has 0 saturated carbocycles. The molecule has 0 amide bonds. The highest BCUT2D eigenvalue weighted by Crippen LogP contribution is 2.28. The van der Waals surface area contributed by atoms with Crippen molar-refractivity contribution < 1.29 is 8.42 Å².